The third-order valence-corrected chi connectivity index (χ3v) is 3.36. The molecule has 0 aliphatic heterocycles. The summed E-state index contributed by atoms with van der Waals surface area (Å²) < 4.78 is 14.3. The van der Waals surface area contributed by atoms with E-state index in [1.807, 2.05) is 0 Å². The van der Waals surface area contributed by atoms with Crippen LogP contribution in [-0.2, 0) is 0 Å². The molecule has 3 rings (SSSR count). The summed E-state index contributed by atoms with van der Waals surface area (Å²) in [6, 6.07) is 9.54. The van der Waals surface area contributed by atoms with Gasteiger partial charge >= 0.3 is 0 Å². The van der Waals surface area contributed by atoms with E-state index < -0.39 is 11.7 Å². The second kappa shape index (κ2) is 5.05. The fourth-order valence-electron chi connectivity index (χ4n) is 1.89. The van der Waals surface area contributed by atoms with Gasteiger partial charge in [0.25, 0.3) is 5.91 Å². The van der Waals surface area contributed by atoms with Crippen LogP contribution < -0.4 is 5.32 Å². The van der Waals surface area contributed by atoms with Crippen molar-refractivity contribution in [1.29, 1.82) is 0 Å². The number of rotatable bonds is 2. The highest BCUT2D eigenvalue weighted by Crippen LogP contribution is 2.20. The standard InChI is InChI=1S/C14H9BrFN3O/c15-9-1-3-12(16)11(6-9)14(20)18-10-2-4-13-8(5-10)7-17-19-13/h1-7H,(H,17,19)(H,18,20). The number of H-pyrrole nitrogens is 1. The molecule has 6 heteroatoms. The van der Waals surface area contributed by atoms with E-state index in [9.17, 15) is 9.18 Å². The molecule has 100 valence electrons. The lowest BCUT2D eigenvalue weighted by Crippen LogP contribution is -2.13. The number of carbonyl (C=O) groups excluding carboxylic acids is 1. The number of carbonyl (C=O) groups is 1. The fraction of sp³-hybridized carbons (Fsp3) is 0. The van der Waals surface area contributed by atoms with Crippen molar-refractivity contribution in [3.05, 3.63) is 58.4 Å². The Bertz CT molecular complexity index is 800. The largest absolute Gasteiger partial charge is 0.322 e. The maximum Gasteiger partial charge on any atom is 0.258 e. The molecule has 0 radical (unpaired) electrons. The maximum absolute atomic E-state index is 13.6. The zero-order valence-corrected chi connectivity index (χ0v) is 11.7. The summed E-state index contributed by atoms with van der Waals surface area (Å²) >= 11 is 3.22. The Balaban J connectivity index is 1.89. The van der Waals surface area contributed by atoms with Gasteiger partial charge in [0.1, 0.15) is 5.82 Å². The first kappa shape index (κ1) is 12.8. The van der Waals surface area contributed by atoms with Crippen LogP contribution >= 0.6 is 15.9 Å². The normalized spacial score (nSPS) is 10.7. The molecule has 1 heterocycles. The van der Waals surface area contributed by atoms with Crippen LogP contribution in [0.25, 0.3) is 10.9 Å². The highest BCUT2D eigenvalue weighted by molar-refractivity contribution is 9.10. The molecular weight excluding hydrogens is 325 g/mol. The topological polar surface area (TPSA) is 57.8 Å². The van der Waals surface area contributed by atoms with Crippen molar-refractivity contribution in [2.24, 2.45) is 0 Å². The minimum Gasteiger partial charge on any atom is -0.322 e. The second-order valence-electron chi connectivity index (χ2n) is 4.25. The van der Waals surface area contributed by atoms with E-state index in [0.29, 0.717) is 10.2 Å². The molecule has 0 atom stereocenters. The van der Waals surface area contributed by atoms with Crippen LogP contribution in [0.5, 0.6) is 0 Å². The van der Waals surface area contributed by atoms with Crippen LogP contribution in [-0.4, -0.2) is 16.1 Å². The zero-order chi connectivity index (χ0) is 14.1. The van der Waals surface area contributed by atoms with Gasteiger partial charge in [-0.05, 0) is 36.4 Å². The van der Waals surface area contributed by atoms with Gasteiger partial charge in [0.15, 0.2) is 0 Å². The van der Waals surface area contributed by atoms with E-state index in [-0.39, 0.29) is 5.56 Å². The van der Waals surface area contributed by atoms with Crippen LogP contribution in [0.15, 0.2) is 47.1 Å². The molecule has 4 nitrogen and oxygen atoms in total. The van der Waals surface area contributed by atoms with Crippen molar-refractivity contribution in [1.82, 2.24) is 10.2 Å². The number of nitrogens with one attached hydrogen (secondary N) is 2. The molecule has 0 aliphatic rings. The molecule has 0 aliphatic carbocycles. The first-order valence-corrected chi connectivity index (χ1v) is 6.62. The number of hydrogen-bond acceptors (Lipinski definition) is 2. The van der Waals surface area contributed by atoms with Gasteiger partial charge in [0.2, 0.25) is 0 Å². The summed E-state index contributed by atoms with van der Waals surface area (Å²) in [6.07, 6.45) is 1.66. The Kier molecular flexibility index (Phi) is 3.23. The number of benzene rings is 2. The van der Waals surface area contributed by atoms with Crippen LogP contribution in [0.3, 0.4) is 0 Å². The van der Waals surface area contributed by atoms with Gasteiger partial charge in [-0.3, -0.25) is 9.89 Å². The van der Waals surface area contributed by atoms with Crippen molar-refractivity contribution < 1.29 is 9.18 Å². The Hall–Kier alpha value is -2.21. The Morgan fingerprint density at radius 1 is 1.25 bits per heavy atom. The average molecular weight is 334 g/mol. The van der Waals surface area contributed by atoms with E-state index in [2.05, 4.69) is 31.4 Å². The maximum atomic E-state index is 13.6. The predicted octanol–water partition coefficient (Wildman–Crippen LogP) is 3.72. The highest BCUT2D eigenvalue weighted by Gasteiger charge is 2.12. The van der Waals surface area contributed by atoms with Gasteiger partial charge in [-0.25, -0.2) is 4.39 Å². The van der Waals surface area contributed by atoms with Crippen molar-refractivity contribution in [3.8, 4) is 0 Å². The SMILES string of the molecule is O=C(Nc1ccc2[nH]ncc2c1)c1cc(Br)ccc1F. The Morgan fingerprint density at radius 3 is 2.95 bits per heavy atom. The lowest BCUT2D eigenvalue weighted by molar-refractivity contribution is 0.102. The van der Waals surface area contributed by atoms with Crippen molar-refractivity contribution in [3.63, 3.8) is 0 Å². The molecule has 0 saturated carbocycles. The monoisotopic (exact) mass is 333 g/mol. The van der Waals surface area contributed by atoms with E-state index in [0.717, 1.165) is 10.9 Å². The van der Waals surface area contributed by atoms with E-state index in [4.69, 9.17) is 0 Å². The minimum atomic E-state index is -0.560. The molecule has 1 amide bonds. The summed E-state index contributed by atoms with van der Waals surface area (Å²) in [7, 11) is 0. The number of halogens is 2. The first-order valence-electron chi connectivity index (χ1n) is 5.83. The number of aromatic amines is 1. The molecule has 0 spiro atoms. The molecule has 2 N–H and O–H groups in total. The van der Waals surface area contributed by atoms with Gasteiger partial charge in [0, 0.05) is 15.5 Å². The van der Waals surface area contributed by atoms with Crippen molar-refractivity contribution >= 4 is 38.4 Å². The Labute approximate surface area is 122 Å². The lowest BCUT2D eigenvalue weighted by atomic mass is 10.2. The number of aromatic nitrogens is 2. The van der Waals surface area contributed by atoms with Crippen molar-refractivity contribution in [2.45, 2.75) is 0 Å². The Morgan fingerprint density at radius 2 is 2.10 bits per heavy atom. The summed E-state index contributed by atoms with van der Waals surface area (Å²) in [5, 5.41) is 10.3. The average Bonchev–Trinajstić information content (AvgIpc) is 2.89. The fourth-order valence-corrected chi connectivity index (χ4v) is 2.25. The number of hydrogen-bond donors (Lipinski definition) is 2. The van der Waals surface area contributed by atoms with Gasteiger partial charge in [-0.1, -0.05) is 15.9 Å². The number of nitrogens with zero attached hydrogens (tertiary/aromatic N) is 1. The van der Waals surface area contributed by atoms with Crippen LogP contribution in [0.1, 0.15) is 10.4 Å². The summed E-state index contributed by atoms with van der Waals surface area (Å²) in [4.78, 5) is 12.1. The highest BCUT2D eigenvalue weighted by atomic mass is 79.9. The quantitative estimate of drug-likeness (QED) is 0.750. The van der Waals surface area contributed by atoms with Gasteiger partial charge < -0.3 is 5.32 Å². The molecule has 0 unspecified atom stereocenters. The summed E-state index contributed by atoms with van der Waals surface area (Å²) in [6.45, 7) is 0. The number of anilines is 1. The number of fused-ring (bicyclic) bond motifs is 1. The van der Waals surface area contributed by atoms with Gasteiger partial charge in [-0.15, -0.1) is 0 Å². The van der Waals surface area contributed by atoms with Crippen LogP contribution in [0, 0.1) is 5.82 Å². The molecule has 3 aromatic rings. The lowest BCUT2D eigenvalue weighted by Gasteiger charge is -2.06. The minimum absolute atomic E-state index is 0.00772. The van der Waals surface area contributed by atoms with Gasteiger partial charge in [-0.2, -0.15) is 5.10 Å². The second-order valence-corrected chi connectivity index (χ2v) is 5.17. The summed E-state index contributed by atoms with van der Waals surface area (Å²) in [5.74, 6) is -1.05. The smallest absolute Gasteiger partial charge is 0.258 e. The summed E-state index contributed by atoms with van der Waals surface area (Å²) in [5.41, 5.74) is 1.45. The van der Waals surface area contributed by atoms with Crippen LogP contribution in [0.4, 0.5) is 10.1 Å². The van der Waals surface area contributed by atoms with Crippen LogP contribution in [0.2, 0.25) is 0 Å². The van der Waals surface area contributed by atoms with E-state index >= 15 is 0 Å². The van der Waals surface area contributed by atoms with E-state index in [1.165, 1.54) is 12.1 Å². The molecule has 0 fully saturated rings. The molecule has 0 saturated heterocycles. The molecule has 2 aromatic carbocycles. The third kappa shape index (κ3) is 2.42. The predicted molar refractivity (Wildman–Crippen MR) is 78.1 cm³/mol. The molecule has 20 heavy (non-hydrogen) atoms. The first-order chi connectivity index (χ1) is 9.63. The molecule has 0 bridgehead atoms. The third-order valence-electron chi connectivity index (χ3n) is 2.87. The number of amides is 1. The molecular formula is C14H9BrFN3O. The van der Waals surface area contributed by atoms with Crippen molar-refractivity contribution in [2.75, 3.05) is 5.32 Å². The molecule has 1 aromatic heterocycles. The van der Waals surface area contributed by atoms with Gasteiger partial charge in [0.05, 0.1) is 17.3 Å². The zero-order valence-electron chi connectivity index (χ0n) is 10.2. The van der Waals surface area contributed by atoms with E-state index in [1.54, 1.807) is 30.5 Å².